The summed E-state index contributed by atoms with van der Waals surface area (Å²) in [5.41, 5.74) is 0.388. The third-order valence-corrected chi connectivity index (χ3v) is 3.73. The first-order chi connectivity index (χ1) is 8.49. The van der Waals surface area contributed by atoms with Gasteiger partial charge in [0.1, 0.15) is 11.0 Å². The summed E-state index contributed by atoms with van der Waals surface area (Å²) in [6, 6.07) is 0.162. The van der Waals surface area contributed by atoms with Crippen LogP contribution in [0.3, 0.4) is 0 Å². The number of amides is 1. The van der Waals surface area contributed by atoms with E-state index in [0.717, 1.165) is 12.8 Å². The maximum atomic E-state index is 11.8. The van der Waals surface area contributed by atoms with Crippen LogP contribution in [0.2, 0.25) is 0 Å². The number of aryl methyl sites for hydroxylation is 1. The summed E-state index contributed by atoms with van der Waals surface area (Å²) >= 11 is 3.17. The van der Waals surface area contributed by atoms with Crippen LogP contribution in [0.4, 0.5) is 0 Å². The Kier molecular flexibility index (Phi) is 5.53. The first-order valence-electron chi connectivity index (χ1n) is 6.00. The number of hydrogen-bond donors (Lipinski definition) is 1. The molecule has 0 atom stereocenters. The zero-order valence-electron chi connectivity index (χ0n) is 10.9. The van der Waals surface area contributed by atoms with Gasteiger partial charge in [-0.2, -0.15) is 0 Å². The molecule has 5 nitrogen and oxygen atoms in total. The van der Waals surface area contributed by atoms with Gasteiger partial charge in [-0.25, -0.2) is 4.98 Å². The second-order valence-electron chi connectivity index (χ2n) is 4.16. The van der Waals surface area contributed by atoms with Gasteiger partial charge in [-0.05, 0) is 35.7 Å². The minimum atomic E-state index is -0.234. The van der Waals surface area contributed by atoms with Crippen LogP contribution in [0.15, 0.2) is 15.6 Å². The van der Waals surface area contributed by atoms with Crippen molar-refractivity contribution in [2.45, 2.75) is 46.2 Å². The highest BCUT2D eigenvalue weighted by Gasteiger charge is 2.11. The summed E-state index contributed by atoms with van der Waals surface area (Å²) in [4.78, 5) is 27.7. The van der Waals surface area contributed by atoms with E-state index in [-0.39, 0.29) is 24.1 Å². The molecule has 0 saturated heterocycles. The molecule has 0 aliphatic rings. The number of carbonyl (C=O) groups is 1. The summed E-state index contributed by atoms with van der Waals surface area (Å²) < 4.78 is 1.70. The molecule has 1 rings (SSSR count). The highest BCUT2D eigenvalue weighted by atomic mass is 79.9. The average Bonchev–Trinajstić information content (AvgIpc) is 2.36. The molecule has 0 aliphatic heterocycles. The number of hydrogen-bond acceptors (Lipinski definition) is 3. The number of nitrogens with zero attached hydrogens (tertiary/aromatic N) is 2. The molecular weight excluding hydrogens is 298 g/mol. The number of carbonyl (C=O) groups excluding carboxylic acids is 1. The SMILES string of the molecule is CCC(CC)NC(=O)Cn1cnc(C)c(Br)c1=O. The van der Waals surface area contributed by atoms with Crippen molar-refractivity contribution < 1.29 is 4.79 Å². The van der Waals surface area contributed by atoms with E-state index >= 15 is 0 Å². The van der Waals surface area contributed by atoms with Crippen LogP contribution in [0, 0.1) is 6.92 Å². The maximum Gasteiger partial charge on any atom is 0.268 e. The van der Waals surface area contributed by atoms with E-state index < -0.39 is 0 Å². The summed E-state index contributed by atoms with van der Waals surface area (Å²) in [5, 5.41) is 2.88. The molecular formula is C12H18BrN3O2. The summed E-state index contributed by atoms with van der Waals surface area (Å²) in [6.07, 6.45) is 3.16. The van der Waals surface area contributed by atoms with Crippen molar-refractivity contribution in [3.05, 3.63) is 26.8 Å². The molecule has 1 N–H and O–H groups in total. The molecule has 18 heavy (non-hydrogen) atoms. The molecule has 1 aromatic rings. The molecule has 1 aromatic heterocycles. The molecule has 0 fully saturated rings. The van der Waals surface area contributed by atoms with E-state index in [9.17, 15) is 9.59 Å². The lowest BCUT2D eigenvalue weighted by Crippen LogP contribution is -2.38. The molecule has 100 valence electrons. The van der Waals surface area contributed by atoms with E-state index in [0.29, 0.717) is 10.2 Å². The Balaban J connectivity index is 2.77. The highest BCUT2D eigenvalue weighted by Crippen LogP contribution is 2.05. The van der Waals surface area contributed by atoms with Crippen molar-refractivity contribution in [3.8, 4) is 0 Å². The molecule has 0 aromatic carbocycles. The quantitative estimate of drug-likeness (QED) is 0.898. The van der Waals surface area contributed by atoms with Crippen molar-refractivity contribution in [1.29, 1.82) is 0 Å². The van der Waals surface area contributed by atoms with Crippen LogP contribution in [0.25, 0.3) is 0 Å². The lowest BCUT2D eigenvalue weighted by atomic mass is 10.2. The molecule has 0 bridgehead atoms. The summed E-state index contributed by atoms with van der Waals surface area (Å²) in [5.74, 6) is -0.164. The Labute approximate surface area is 115 Å². The van der Waals surface area contributed by atoms with Gasteiger partial charge in [-0.15, -0.1) is 0 Å². The Morgan fingerprint density at radius 2 is 2.11 bits per heavy atom. The van der Waals surface area contributed by atoms with Gasteiger partial charge in [0, 0.05) is 6.04 Å². The van der Waals surface area contributed by atoms with E-state index in [1.54, 1.807) is 6.92 Å². The first kappa shape index (κ1) is 14.9. The predicted molar refractivity (Wildman–Crippen MR) is 73.4 cm³/mol. The topological polar surface area (TPSA) is 64.0 Å². The second kappa shape index (κ2) is 6.68. The largest absolute Gasteiger partial charge is 0.352 e. The van der Waals surface area contributed by atoms with Crippen molar-refractivity contribution in [1.82, 2.24) is 14.9 Å². The molecule has 0 saturated carbocycles. The fourth-order valence-corrected chi connectivity index (χ4v) is 1.91. The second-order valence-corrected chi connectivity index (χ2v) is 4.95. The van der Waals surface area contributed by atoms with Crippen molar-refractivity contribution in [3.63, 3.8) is 0 Å². The molecule has 0 aliphatic carbocycles. The number of aromatic nitrogens is 2. The van der Waals surface area contributed by atoms with Gasteiger partial charge < -0.3 is 5.32 Å². The van der Waals surface area contributed by atoms with Gasteiger partial charge in [0.25, 0.3) is 5.56 Å². The third kappa shape index (κ3) is 3.66. The Hall–Kier alpha value is -1.17. The lowest BCUT2D eigenvalue weighted by Gasteiger charge is -2.15. The normalized spacial score (nSPS) is 10.7. The van der Waals surface area contributed by atoms with Crippen LogP contribution >= 0.6 is 15.9 Å². The minimum Gasteiger partial charge on any atom is -0.352 e. The summed E-state index contributed by atoms with van der Waals surface area (Å²) in [6.45, 7) is 5.77. The summed E-state index contributed by atoms with van der Waals surface area (Å²) in [7, 11) is 0. The van der Waals surface area contributed by atoms with Crippen LogP contribution in [0.1, 0.15) is 32.4 Å². The molecule has 1 heterocycles. The van der Waals surface area contributed by atoms with Crippen LogP contribution in [0.5, 0.6) is 0 Å². The minimum absolute atomic E-state index is 0.00120. The Morgan fingerprint density at radius 1 is 1.50 bits per heavy atom. The maximum absolute atomic E-state index is 11.8. The molecule has 6 heteroatoms. The fourth-order valence-electron chi connectivity index (χ4n) is 1.58. The van der Waals surface area contributed by atoms with Gasteiger partial charge in [0.2, 0.25) is 5.91 Å². The number of halogens is 1. The zero-order chi connectivity index (χ0) is 13.7. The van der Waals surface area contributed by atoms with E-state index in [4.69, 9.17) is 0 Å². The Bertz CT molecular complexity index is 481. The Morgan fingerprint density at radius 3 is 2.67 bits per heavy atom. The van der Waals surface area contributed by atoms with Gasteiger partial charge in [0.05, 0.1) is 12.0 Å². The van der Waals surface area contributed by atoms with Crippen molar-refractivity contribution in [2.75, 3.05) is 0 Å². The van der Waals surface area contributed by atoms with Gasteiger partial charge in [-0.3, -0.25) is 14.2 Å². The van der Waals surface area contributed by atoms with E-state index in [2.05, 4.69) is 26.2 Å². The van der Waals surface area contributed by atoms with Crippen molar-refractivity contribution in [2.24, 2.45) is 0 Å². The van der Waals surface area contributed by atoms with E-state index in [1.165, 1.54) is 10.9 Å². The van der Waals surface area contributed by atoms with Gasteiger partial charge in [0.15, 0.2) is 0 Å². The third-order valence-electron chi connectivity index (χ3n) is 2.82. The molecule has 1 amide bonds. The monoisotopic (exact) mass is 315 g/mol. The van der Waals surface area contributed by atoms with Crippen LogP contribution in [-0.2, 0) is 11.3 Å². The van der Waals surface area contributed by atoms with Gasteiger partial charge >= 0.3 is 0 Å². The van der Waals surface area contributed by atoms with Crippen LogP contribution < -0.4 is 10.9 Å². The van der Waals surface area contributed by atoms with Gasteiger partial charge in [-0.1, -0.05) is 13.8 Å². The lowest BCUT2D eigenvalue weighted by molar-refractivity contribution is -0.122. The fraction of sp³-hybridized carbons (Fsp3) is 0.583. The average molecular weight is 316 g/mol. The standard InChI is InChI=1S/C12H18BrN3O2/c1-4-9(5-2)15-10(17)6-16-7-14-8(3)11(13)12(16)18/h7,9H,4-6H2,1-3H3,(H,15,17). The molecule has 0 unspecified atom stereocenters. The van der Waals surface area contributed by atoms with Crippen LogP contribution in [-0.4, -0.2) is 21.5 Å². The molecule has 0 spiro atoms. The molecule has 0 radical (unpaired) electrons. The van der Waals surface area contributed by atoms with Crippen molar-refractivity contribution >= 4 is 21.8 Å². The first-order valence-corrected chi connectivity index (χ1v) is 6.79. The highest BCUT2D eigenvalue weighted by molar-refractivity contribution is 9.10. The number of nitrogens with one attached hydrogen (secondary N) is 1. The zero-order valence-corrected chi connectivity index (χ0v) is 12.5. The van der Waals surface area contributed by atoms with E-state index in [1.807, 2.05) is 13.8 Å². The smallest absolute Gasteiger partial charge is 0.268 e. The predicted octanol–water partition coefficient (Wildman–Crippen LogP) is 1.62. The number of rotatable bonds is 5.